The van der Waals surface area contributed by atoms with E-state index in [9.17, 15) is 14.7 Å². The highest BCUT2D eigenvalue weighted by Crippen LogP contribution is 2.25. The van der Waals surface area contributed by atoms with Crippen LogP contribution < -0.4 is 20.7 Å². The number of aliphatic hydroxyl groups excluding tert-OH is 1. The summed E-state index contributed by atoms with van der Waals surface area (Å²) in [5, 5.41) is 11.4. The van der Waals surface area contributed by atoms with Gasteiger partial charge in [-0.25, -0.2) is 9.78 Å². The molecule has 0 radical (unpaired) electrons. The summed E-state index contributed by atoms with van der Waals surface area (Å²) in [7, 11) is 4.59. The lowest BCUT2D eigenvalue weighted by molar-refractivity contribution is 0.0913. The molecule has 1 aromatic carbocycles. The molecular formula is C20H26N4O5S. The Labute approximate surface area is 177 Å². The Hall–Kier alpha value is -2.72. The lowest BCUT2D eigenvalue weighted by atomic mass is 10.3. The number of fused-ring (bicyclic) bond motifs is 1. The normalized spacial score (nSPS) is 12.5. The number of imidazole rings is 1. The molecule has 3 aromatic rings. The second kappa shape index (κ2) is 8.97. The Kier molecular flexibility index (Phi) is 6.57. The molecule has 0 aliphatic heterocycles. The van der Waals surface area contributed by atoms with Crippen molar-refractivity contribution in [2.24, 2.45) is 14.1 Å². The second-order valence-corrected chi connectivity index (χ2v) is 8.73. The zero-order chi connectivity index (χ0) is 22.0. The molecule has 0 spiro atoms. The molecule has 9 nitrogen and oxygen atoms in total. The van der Waals surface area contributed by atoms with E-state index >= 15 is 0 Å². The Morgan fingerprint density at radius 2 is 1.73 bits per heavy atom. The molecular weight excluding hydrogens is 408 g/mol. The highest BCUT2D eigenvalue weighted by molar-refractivity contribution is 7.99. The third-order valence-corrected chi connectivity index (χ3v) is 5.54. The fourth-order valence-electron chi connectivity index (χ4n) is 3.02. The topological polar surface area (TPSA) is 101 Å². The number of aryl methyl sites for hydroxylation is 1. The molecule has 10 heteroatoms. The number of nitrogens with zero attached hydrogens (tertiary/aromatic N) is 4. The fraction of sp³-hybridized carbons (Fsp3) is 0.450. The van der Waals surface area contributed by atoms with Crippen LogP contribution in [0.15, 0.2) is 39.0 Å². The van der Waals surface area contributed by atoms with Gasteiger partial charge in [-0.2, -0.15) is 0 Å². The first kappa shape index (κ1) is 22.0. The number of aliphatic hydroxyl groups is 1. The lowest BCUT2D eigenvalue weighted by Gasteiger charge is -2.16. The van der Waals surface area contributed by atoms with Gasteiger partial charge >= 0.3 is 5.69 Å². The minimum Gasteiger partial charge on any atom is -0.497 e. The number of ether oxygens (including phenoxy) is 2. The number of hydrogen-bond acceptors (Lipinski definition) is 7. The predicted molar refractivity (Wildman–Crippen MR) is 116 cm³/mol. The summed E-state index contributed by atoms with van der Waals surface area (Å²) in [5.41, 5.74) is -0.304. The van der Waals surface area contributed by atoms with Gasteiger partial charge in [0.1, 0.15) is 24.2 Å². The SMILES string of the molecule is COc1ccc(OC[C@H](O)Cn2c(SC(C)C)nc3c2c(=O)n(C)c(=O)n3C)cc1. The Bertz CT molecular complexity index is 1150. The Balaban J connectivity index is 1.91. The van der Waals surface area contributed by atoms with Gasteiger partial charge in [0.2, 0.25) is 0 Å². The summed E-state index contributed by atoms with van der Waals surface area (Å²) in [6.45, 7) is 4.16. The summed E-state index contributed by atoms with van der Waals surface area (Å²) in [5.74, 6) is 1.31. The van der Waals surface area contributed by atoms with Gasteiger partial charge in [-0.05, 0) is 24.3 Å². The molecule has 2 aromatic heterocycles. The molecule has 0 aliphatic rings. The van der Waals surface area contributed by atoms with Crippen LogP contribution in [0.1, 0.15) is 13.8 Å². The largest absolute Gasteiger partial charge is 0.497 e. The van der Waals surface area contributed by atoms with Crippen LogP contribution in [0.25, 0.3) is 11.2 Å². The van der Waals surface area contributed by atoms with Gasteiger partial charge in [0, 0.05) is 19.3 Å². The molecule has 162 valence electrons. The highest BCUT2D eigenvalue weighted by Gasteiger charge is 2.22. The van der Waals surface area contributed by atoms with Crippen LogP contribution in [0, 0.1) is 0 Å². The van der Waals surface area contributed by atoms with Gasteiger partial charge in [-0.15, -0.1) is 0 Å². The maximum absolute atomic E-state index is 12.8. The molecule has 0 bridgehead atoms. The third kappa shape index (κ3) is 4.39. The van der Waals surface area contributed by atoms with E-state index in [4.69, 9.17) is 9.47 Å². The average molecular weight is 435 g/mol. The summed E-state index contributed by atoms with van der Waals surface area (Å²) in [4.78, 5) is 29.6. The van der Waals surface area contributed by atoms with E-state index in [2.05, 4.69) is 4.98 Å². The molecule has 0 saturated heterocycles. The summed E-state index contributed by atoms with van der Waals surface area (Å²) >= 11 is 1.46. The molecule has 2 heterocycles. The first-order chi connectivity index (χ1) is 14.2. The van der Waals surface area contributed by atoms with Crippen molar-refractivity contribution in [3.63, 3.8) is 0 Å². The van der Waals surface area contributed by atoms with Crippen molar-refractivity contribution in [1.29, 1.82) is 0 Å². The van der Waals surface area contributed by atoms with E-state index in [1.807, 2.05) is 13.8 Å². The smallest absolute Gasteiger partial charge is 0.332 e. The van der Waals surface area contributed by atoms with Crippen LogP contribution in [0.2, 0.25) is 0 Å². The Morgan fingerprint density at radius 1 is 1.10 bits per heavy atom. The fourth-order valence-corrected chi connectivity index (χ4v) is 3.88. The first-order valence-corrected chi connectivity index (χ1v) is 10.4. The van der Waals surface area contributed by atoms with Crippen LogP contribution in [-0.4, -0.2) is 48.9 Å². The monoisotopic (exact) mass is 434 g/mol. The minimum absolute atomic E-state index is 0.0316. The van der Waals surface area contributed by atoms with Crippen molar-refractivity contribution in [2.75, 3.05) is 13.7 Å². The number of hydrogen-bond donors (Lipinski definition) is 1. The van der Waals surface area contributed by atoms with Gasteiger partial charge < -0.3 is 19.1 Å². The third-order valence-electron chi connectivity index (χ3n) is 4.55. The number of thioether (sulfide) groups is 1. The summed E-state index contributed by atoms with van der Waals surface area (Å²) < 4.78 is 14.8. The van der Waals surface area contributed by atoms with Gasteiger partial charge in [0.15, 0.2) is 16.3 Å². The molecule has 0 aliphatic carbocycles. The quantitative estimate of drug-likeness (QED) is 0.535. The zero-order valence-electron chi connectivity index (χ0n) is 17.7. The standard InChI is InChI=1S/C20H26N4O5S/c1-12(2)30-19-21-17-16(18(26)23(4)20(27)22(17)3)24(19)10-13(25)11-29-15-8-6-14(28-5)7-9-15/h6-9,12-13,25H,10-11H2,1-5H3/t13-/m1/s1. The molecule has 1 N–H and O–H groups in total. The van der Waals surface area contributed by atoms with Crippen molar-refractivity contribution < 1.29 is 14.6 Å². The molecule has 0 fully saturated rings. The zero-order valence-corrected chi connectivity index (χ0v) is 18.5. The van der Waals surface area contributed by atoms with Crippen molar-refractivity contribution in [1.82, 2.24) is 18.7 Å². The van der Waals surface area contributed by atoms with Crippen molar-refractivity contribution >= 4 is 22.9 Å². The Morgan fingerprint density at radius 3 is 2.33 bits per heavy atom. The maximum Gasteiger partial charge on any atom is 0.332 e. The van der Waals surface area contributed by atoms with Crippen LogP contribution >= 0.6 is 11.8 Å². The van der Waals surface area contributed by atoms with Gasteiger partial charge in [0.25, 0.3) is 5.56 Å². The van der Waals surface area contributed by atoms with E-state index in [0.29, 0.717) is 22.3 Å². The number of benzene rings is 1. The van der Waals surface area contributed by atoms with Crippen molar-refractivity contribution in [3.8, 4) is 11.5 Å². The minimum atomic E-state index is -0.891. The molecule has 0 saturated carbocycles. The van der Waals surface area contributed by atoms with Gasteiger partial charge in [0.05, 0.1) is 13.7 Å². The molecule has 1 atom stereocenters. The molecule has 0 amide bonds. The maximum atomic E-state index is 12.8. The van der Waals surface area contributed by atoms with E-state index in [-0.39, 0.29) is 23.9 Å². The predicted octanol–water partition coefficient (Wildman–Crippen LogP) is 1.38. The molecule has 3 rings (SSSR count). The summed E-state index contributed by atoms with van der Waals surface area (Å²) in [6, 6.07) is 7.05. The number of methoxy groups -OCH3 is 1. The van der Waals surface area contributed by atoms with Crippen LogP contribution in [0.5, 0.6) is 11.5 Å². The highest BCUT2D eigenvalue weighted by atomic mass is 32.2. The number of aromatic nitrogens is 4. The van der Waals surface area contributed by atoms with Gasteiger partial charge in [-0.1, -0.05) is 25.6 Å². The molecule has 0 unspecified atom stereocenters. The van der Waals surface area contributed by atoms with Crippen LogP contribution in [-0.2, 0) is 20.6 Å². The second-order valence-electron chi connectivity index (χ2n) is 7.19. The lowest BCUT2D eigenvalue weighted by Crippen LogP contribution is -2.38. The van der Waals surface area contributed by atoms with Crippen LogP contribution in [0.4, 0.5) is 0 Å². The van der Waals surface area contributed by atoms with Crippen LogP contribution in [0.3, 0.4) is 0 Å². The van der Waals surface area contributed by atoms with E-state index in [0.717, 1.165) is 4.57 Å². The summed E-state index contributed by atoms with van der Waals surface area (Å²) in [6.07, 6.45) is -0.891. The van der Waals surface area contributed by atoms with Gasteiger partial charge in [-0.3, -0.25) is 13.9 Å². The number of rotatable bonds is 8. The average Bonchev–Trinajstić information content (AvgIpc) is 3.06. The molecule has 30 heavy (non-hydrogen) atoms. The van der Waals surface area contributed by atoms with Crippen molar-refractivity contribution in [3.05, 3.63) is 45.1 Å². The van der Waals surface area contributed by atoms with E-state index < -0.39 is 17.4 Å². The van der Waals surface area contributed by atoms with Crippen molar-refractivity contribution in [2.45, 2.75) is 36.9 Å². The van der Waals surface area contributed by atoms with E-state index in [1.54, 1.807) is 43.0 Å². The first-order valence-electron chi connectivity index (χ1n) is 9.50. The van der Waals surface area contributed by atoms with E-state index in [1.165, 1.54) is 23.4 Å².